The van der Waals surface area contributed by atoms with Crippen LogP contribution in [0.15, 0.2) is 0 Å². The summed E-state index contributed by atoms with van der Waals surface area (Å²) in [4.78, 5) is 22.4. The zero-order valence-corrected chi connectivity index (χ0v) is 11.8. The Balaban J connectivity index is 2.94. The first-order valence-corrected chi connectivity index (χ1v) is 6.06. The molecule has 0 bridgehead atoms. The summed E-state index contributed by atoms with van der Waals surface area (Å²) in [5.74, 6) is -0.672. The molecule has 19 heavy (non-hydrogen) atoms. The Labute approximate surface area is 112 Å². The minimum Gasteiger partial charge on any atom is -0.457 e. The molecule has 0 spiro atoms. The average molecular weight is 275 g/mol. The molecule has 1 aliphatic heterocycles. The number of rotatable bonds is 4. The van der Waals surface area contributed by atoms with Gasteiger partial charge in [0.05, 0.1) is 6.10 Å². The maximum Gasteiger partial charge on any atom is 0.303 e. The fraction of sp³-hybridized carbons (Fsp3) is 0.833. The molecule has 0 unspecified atom stereocenters. The smallest absolute Gasteiger partial charge is 0.303 e. The Hall–Kier alpha value is -1.18. The molecule has 0 aromatic carbocycles. The molecule has 1 aliphatic rings. The number of ether oxygens (including phenoxy) is 4. The quantitative estimate of drug-likeness (QED) is 0.717. The summed E-state index contributed by atoms with van der Waals surface area (Å²) < 4.78 is 21.4. The molecule has 7 nitrogen and oxygen atoms in total. The zero-order chi connectivity index (χ0) is 14.6. The van der Waals surface area contributed by atoms with Gasteiger partial charge in [0.1, 0.15) is 12.1 Å². The van der Waals surface area contributed by atoms with Gasteiger partial charge in [-0.2, -0.15) is 0 Å². The van der Waals surface area contributed by atoms with Crippen LogP contribution in [0, 0.1) is 0 Å². The minimum atomic E-state index is -0.657. The molecule has 1 saturated heterocycles. The van der Waals surface area contributed by atoms with Gasteiger partial charge in [0.2, 0.25) is 5.91 Å². The van der Waals surface area contributed by atoms with Crippen LogP contribution in [0.3, 0.4) is 0 Å². The molecule has 0 aliphatic carbocycles. The van der Waals surface area contributed by atoms with Crippen molar-refractivity contribution in [2.24, 2.45) is 0 Å². The van der Waals surface area contributed by atoms with Gasteiger partial charge >= 0.3 is 5.97 Å². The van der Waals surface area contributed by atoms with Gasteiger partial charge in [0.15, 0.2) is 12.4 Å². The molecule has 0 radical (unpaired) electrons. The topological polar surface area (TPSA) is 83.1 Å². The SMILES string of the molecule is CO[C@H]1O[C@H](C)[C@H](OC(C)=O)[C@H](OC)[C@H]1NC(C)=O. The molecule has 1 N–H and O–H groups in total. The van der Waals surface area contributed by atoms with E-state index in [1.54, 1.807) is 6.92 Å². The van der Waals surface area contributed by atoms with E-state index in [-0.39, 0.29) is 5.91 Å². The Morgan fingerprint density at radius 2 is 1.74 bits per heavy atom. The van der Waals surface area contributed by atoms with Crippen molar-refractivity contribution in [2.45, 2.75) is 51.4 Å². The van der Waals surface area contributed by atoms with Crippen molar-refractivity contribution in [3.05, 3.63) is 0 Å². The largest absolute Gasteiger partial charge is 0.457 e. The summed E-state index contributed by atoms with van der Waals surface area (Å²) in [7, 11) is 2.96. The Morgan fingerprint density at radius 1 is 1.11 bits per heavy atom. The van der Waals surface area contributed by atoms with Gasteiger partial charge in [0, 0.05) is 28.1 Å². The molecule has 1 fully saturated rings. The predicted molar refractivity (Wildman–Crippen MR) is 65.3 cm³/mol. The summed E-state index contributed by atoms with van der Waals surface area (Å²) in [5, 5.41) is 2.70. The van der Waals surface area contributed by atoms with Crippen LogP contribution in [0.1, 0.15) is 20.8 Å². The summed E-state index contributed by atoms with van der Waals surface area (Å²) in [6, 6.07) is -0.548. The average Bonchev–Trinajstić information content (AvgIpc) is 2.32. The highest BCUT2D eigenvalue weighted by Crippen LogP contribution is 2.26. The normalized spacial score (nSPS) is 34.7. The van der Waals surface area contributed by atoms with E-state index in [1.807, 2.05) is 0 Å². The first kappa shape index (κ1) is 15.9. The van der Waals surface area contributed by atoms with E-state index in [0.29, 0.717) is 0 Å². The lowest BCUT2D eigenvalue weighted by molar-refractivity contribution is -0.261. The second-order valence-corrected chi connectivity index (χ2v) is 4.45. The highest BCUT2D eigenvalue weighted by molar-refractivity contribution is 5.73. The molecule has 7 heteroatoms. The van der Waals surface area contributed by atoms with E-state index in [1.165, 1.54) is 28.1 Å². The van der Waals surface area contributed by atoms with Gasteiger partial charge in [-0.05, 0) is 6.92 Å². The Bertz CT molecular complexity index is 334. The van der Waals surface area contributed by atoms with Crippen molar-refractivity contribution in [1.29, 1.82) is 0 Å². The van der Waals surface area contributed by atoms with Crippen molar-refractivity contribution in [3.63, 3.8) is 0 Å². The second-order valence-electron chi connectivity index (χ2n) is 4.45. The molecule has 0 aromatic heterocycles. The fourth-order valence-electron chi connectivity index (χ4n) is 2.22. The van der Waals surface area contributed by atoms with E-state index < -0.39 is 36.6 Å². The lowest BCUT2D eigenvalue weighted by Crippen LogP contribution is -2.64. The molecule has 1 amide bonds. The van der Waals surface area contributed by atoms with Crippen LogP contribution in [0.5, 0.6) is 0 Å². The molecule has 1 heterocycles. The third kappa shape index (κ3) is 3.89. The summed E-state index contributed by atoms with van der Waals surface area (Å²) in [5.41, 5.74) is 0. The third-order valence-corrected chi connectivity index (χ3v) is 2.96. The van der Waals surface area contributed by atoms with E-state index in [4.69, 9.17) is 18.9 Å². The van der Waals surface area contributed by atoms with Gasteiger partial charge in [0.25, 0.3) is 0 Å². The molecule has 0 saturated carbocycles. The standard InChI is InChI=1S/C12H21NO6/c1-6-10(19-8(3)15)11(16-4)9(13-7(2)14)12(17-5)18-6/h6,9-12H,1-5H3,(H,13,14)/t6-,9-,10+,11-,12+/m1/s1. The zero-order valence-electron chi connectivity index (χ0n) is 11.8. The molecule has 1 rings (SSSR count). The number of esters is 1. The highest BCUT2D eigenvalue weighted by Gasteiger charge is 2.47. The lowest BCUT2D eigenvalue weighted by atomic mass is 9.97. The fourth-order valence-corrected chi connectivity index (χ4v) is 2.22. The van der Waals surface area contributed by atoms with E-state index in [9.17, 15) is 9.59 Å². The van der Waals surface area contributed by atoms with Crippen molar-refractivity contribution in [3.8, 4) is 0 Å². The van der Waals surface area contributed by atoms with Gasteiger partial charge in [-0.15, -0.1) is 0 Å². The van der Waals surface area contributed by atoms with Crippen molar-refractivity contribution < 1.29 is 28.5 Å². The van der Waals surface area contributed by atoms with Crippen LogP contribution in [-0.4, -0.2) is 56.7 Å². The Morgan fingerprint density at radius 3 is 2.16 bits per heavy atom. The lowest BCUT2D eigenvalue weighted by Gasteiger charge is -2.43. The molecule has 0 aromatic rings. The molecular formula is C12H21NO6. The number of nitrogens with one attached hydrogen (secondary N) is 1. The van der Waals surface area contributed by atoms with Crippen LogP contribution >= 0.6 is 0 Å². The maximum atomic E-state index is 11.3. The van der Waals surface area contributed by atoms with Crippen LogP contribution in [-0.2, 0) is 28.5 Å². The number of carbonyl (C=O) groups excluding carboxylic acids is 2. The summed E-state index contributed by atoms with van der Waals surface area (Å²) in [6.07, 6.45) is -2.20. The Kier molecular flexibility index (Phi) is 5.71. The van der Waals surface area contributed by atoms with Crippen LogP contribution < -0.4 is 5.32 Å². The number of amides is 1. The highest BCUT2D eigenvalue weighted by atomic mass is 16.7. The molecule has 110 valence electrons. The van der Waals surface area contributed by atoms with Crippen LogP contribution in [0.4, 0.5) is 0 Å². The third-order valence-electron chi connectivity index (χ3n) is 2.96. The van der Waals surface area contributed by atoms with Crippen molar-refractivity contribution in [1.82, 2.24) is 5.32 Å². The van der Waals surface area contributed by atoms with Crippen molar-refractivity contribution in [2.75, 3.05) is 14.2 Å². The van der Waals surface area contributed by atoms with Gasteiger partial charge < -0.3 is 24.3 Å². The van der Waals surface area contributed by atoms with E-state index in [0.717, 1.165) is 0 Å². The maximum absolute atomic E-state index is 11.3. The number of carbonyl (C=O) groups is 2. The minimum absolute atomic E-state index is 0.242. The number of methoxy groups -OCH3 is 2. The first-order valence-electron chi connectivity index (χ1n) is 6.06. The summed E-state index contributed by atoms with van der Waals surface area (Å²) in [6.45, 7) is 4.46. The van der Waals surface area contributed by atoms with Crippen LogP contribution in [0.2, 0.25) is 0 Å². The van der Waals surface area contributed by atoms with Gasteiger partial charge in [-0.1, -0.05) is 0 Å². The molecule has 5 atom stereocenters. The van der Waals surface area contributed by atoms with Gasteiger partial charge in [-0.25, -0.2) is 0 Å². The van der Waals surface area contributed by atoms with E-state index >= 15 is 0 Å². The second kappa shape index (κ2) is 6.83. The predicted octanol–water partition coefficient (Wildman–Crippen LogP) is -0.171. The number of hydrogen-bond donors (Lipinski definition) is 1. The van der Waals surface area contributed by atoms with Crippen LogP contribution in [0.25, 0.3) is 0 Å². The monoisotopic (exact) mass is 275 g/mol. The van der Waals surface area contributed by atoms with Crippen molar-refractivity contribution >= 4 is 11.9 Å². The molecular weight excluding hydrogens is 254 g/mol. The van der Waals surface area contributed by atoms with E-state index in [2.05, 4.69) is 5.32 Å². The number of hydrogen-bond acceptors (Lipinski definition) is 6. The summed E-state index contributed by atoms with van der Waals surface area (Å²) >= 11 is 0. The first-order chi connectivity index (χ1) is 8.90. The van der Waals surface area contributed by atoms with Gasteiger partial charge in [-0.3, -0.25) is 9.59 Å².